The van der Waals surface area contributed by atoms with Gasteiger partial charge in [-0.05, 0) is 25.8 Å². The molecule has 0 aliphatic heterocycles. The zero-order valence-corrected chi connectivity index (χ0v) is 11.2. The maximum absolute atomic E-state index is 10.8. The first-order valence-corrected chi connectivity index (χ1v) is 6.83. The topological polar surface area (TPSA) is 64.4 Å². The molecule has 1 aromatic carbocycles. The lowest BCUT2D eigenvalue weighted by molar-refractivity contribution is -0.384. The van der Waals surface area contributed by atoms with E-state index < -0.39 is 0 Å². The number of nitrogens with one attached hydrogen (secondary N) is 1. The van der Waals surface area contributed by atoms with Crippen LogP contribution in [0.25, 0.3) is 0 Å². The van der Waals surface area contributed by atoms with Gasteiger partial charge in [-0.1, -0.05) is 12.8 Å². The summed E-state index contributed by atoms with van der Waals surface area (Å²) in [6.07, 6.45) is 4.96. The van der Waals surface area contributed by atoms with E-state index in [1.807, 2.05) is 6.92 Å². The van der Waals surface area contributed by atoms with Crippen molar-refractivity contribution in [2.45, 2.75) is 45.3 Å². The van der Waals surface area contributed by atoms with Gasteiger partial charge in [0.25, 0.3) is 5.69 Å². The van der Waals surface area contributed by atoms with Crippen LogP contribution in [0.4, 0.5) is 11.4 Å². The molecule has 1 fully saturated rings. The third kappa shape index (κ3) is 3.67. The molecule has 0 bridgehead atoms. The molecule has 0 saturated heterocycles. The monoisotopic (exact) mass is 264 g/mol. The van der Waals surface area contributed by atoms with Crippen LogP contribution in [0.5, 0.6) is 0 Å². The summed E-state index contributed by atoms with van der Waals surface area (Å²) in [6, 6.07) is 4.89. The van der Waals surface area contributed by atoms with Gasteiger partial charge in [0.1, 0.15) is 0 Å². The average Bonchev–Trinajstić information content (AvgIpc) is 2.90. The molecular weight excluding hydrogens is 244 g/mol. The van der Waals surface area contributed by atoms with Crippen molar-refractivity contribution >= 4 is 11.4 Å². The van der Waals surface area contributed by atoms with E-state index >= 15 is 0 Å². The first kappa shape index (κ1) is 13.8. The molecule has 1 aliphatic rings. The molecule has 104 valence electrons. The fourth-order valence-electron chi connectivity index (χ4n) is 2.44. The Kier molecular flexibility index (Phi) is 4.74. The van der Waals surface area contributed by atoms with Gasteiger partial charge in [0, 0.05) is 29.9 Å². The van der Waals surface area contributed by atoms with Crippen molar-refractivity contribution in [3.63, 3.8) is 0 Å². The highest BCUT2D eigenvalue weighted by molar-refractivity contribution is 5.55. The molecule has 0 amide bonds. The molecule has 0 spiro atoms. The molecule has 2 rings (SSSR count). The van der Waals surface area contributed by atoms with Gasteiger partial charge >= 0.3 is 0 Å². The molecule has 1 saturated carbocycles. The Morgan fingerprint density at radius 3 is 2.79 bits per heavy atom. The molecule has 1 aliphatic carbocycles. The molecule has 1 N–H and O–H groups in total. The maximum atomic E-state index is 10.8. The minimum absolute atomic E-state index is 0.117. The average molecular weight is 264 g/mol. The van der Waals surface area contributed by atoms with Gasteiger partial charge in [-0.3, -0.25) is 10.1 Å². The van der Waals surface area contributed by atoms with Crippen LogP contribution in [-0.2, 0) is 11.3 Å². The van der Waals surface area contributed by atoms with Crippen molar-refractivity contribution in [1.29, 1.82) is 0 Å². The largest absolute Gasteiger partial charge is 0.385 e. The molecule has 5 nitrogen and oxygen atoms in total. The van der Waals surface area contributed by atoms with Crippen molar-refractivity contribution in [3.8, 4) is 0 Å². The Hall–Kier alpha value is -1.62. The summed E-state index contributed by atoms with van der Waals surface area (Å²) in [5.41, 5.74) is 1.90. The second-order valence-electron chi connectivity index (χ2n) is 4.85. The number of rotatable bonds is 6. The lowest BCUT2D eigenvalue weighted by atomic mass is 10.1. The van der Waals surface area contributed by atoms with Crippen molar-refractivity contribution < 1.29 is 9.66 Å². The summed E-state index contributed by atoms with van der Waals surface area (Å²) < 4.78 is 5.85. The number of benzene rings is 1. The highest BCUT2D eigenvalue weighted by atomic mass is 16.6. The Morgan fingerprint density at radius 2 is 2.16 bits per heavy atom. The first-order valence-electron chi connectivity index (χ1n) is 6.83. The SMILES string of the molecule is CCNc1ccc([N+](=O)[O-])cc1COC1CCCC1. The van der Waals surface area contributed by atoms with Crippen LogP contribution in [0.1, 0.15) is 38.2 Å². The van der Waals surface area contributed by atoms with Crippen LogP contribution in [0.3, 0.4) is 0 Å². The summed E-state index contributed by atoms with van der Waals surface area (Å²) in [7, 11) is 0. The van der Waals surface area contributed by atoms with Crippen molar-refractivity contribution in [1.82, 2.24) is 0 Å². The Balaban J connectivity index is 2.09. The fourth-order valence-corrected chi connectivity index (χ4v) is 2.44. The van der Waals surface area contributed by atoms with E-state index in [1.54, 1.807) is 12.1 Å². The van der Waals surface area contributed by atoms with Gasteiger partial charge in [-0.2, -0.15) is 0 Å². The van der Waals surface area contributed by atoms with E-state index in [2.05, 4.69) is 5.32 Å². The summed E-state index contributed by atoms with van der Waals surface area (Å²) in [4.78, 5) is 10.5. The van der Waals surface area contributed by atoms with E-state index in [-0.39, 0.29) is 10.6 Å². The van der Waals surface area contributed by atoms with Crippen molar-refractivity contribution in [3.05, 3.63) is 33.9 Å². The van der Waals surface area contributed by atoms with Crippen LogP contribution in [0.2, 0.25) is 0 Å². The van der Waals surface area contributed by atoms with Gasteiger partial charge in [0.2, 0.25) is 0 Å². The maximum Gasteiger partial charge on any atom is 0.269 e. The number of ether oxygens (including phenoxy) is 1. The highest BCUT2D eigenvalue weighted by Crippen LogP contribution is 2.26. The van der Waals surface area contributed by atoms with Crippen LogP contribution in [-0.4, -0.2) is 17.6 Å². The molecule has 1 aromatic rings. The van der Waals surface area contributed by atoms with Gasteiger partial charge in [0.15, 0.2) is 0 Å². The van der Waals surface area contributed by atoms with E-state index in [9.17, 15) is 10.1 Å². The number of hydrogen-bond donors (Lipinski definition) is 1. The summed E-state index contributed by atoms with van der Waals surface area (Å²) in [6.45, 7) is 3.23. The third-order valence-electron chi connectivity index (χ3n) is 3.44. The Bertz CT molecular complexity index is 442. The third-order valence-corrected chi connectivity index (χ3v) is 3.44. The molecule has 0 heterocycles. The predicted molar refractivity (Wildman–Crippen MR) is 74.3 cm³/mol. The van der Waals surface area contributed by atoms with Crippen LogP contribution >= 0.6 is 0 Å². The first-order chi connectivity index (χ1) is 9.20. The fraction of sp³-hybridized carbons (Fsp3) is 0.571. The Morgan fingerprint density at radius 1 is 1.42 bits per heavy atom. The van der Waals surface area contributed by atoms with E-state index in [0.717, 1.165) is 30.6 Å². The van der Waals surface area contributed by atoms with Crippen LogP contribution in [0, 0.1) is 10.1 Å². The number of non-ortho nitro benzene ring substituents is 1. The highest BCUT2D eigenvalue weighted by Gasteiger charge is 2.17. The minimum atomic E-state index is -0.366. The summed E-state index contributed by atoms with van der Waals surface area (Å²) in [5.74, 6) is 0. The summed E-state index contributed by atoms with van der Waals surface area (Å²) >= 11 is 0. The molecule has 0 atom stereocenters. The van der Waals surface area contributed by atoms with Crippen LogP contribution < -0.4 is 5.32 Å². The molecule has 0 aromatic heterocycles. The number of nitro benzene ring substituents is 1. The normalized spacial score (nSPS) is 15.6. The van der Waals surface area contributed by atoms with Gasteiger partial charge in [-0.25, -0.2) is 0 Å². The number of hydrogen-bond acceptors (Lipinski definition) is 4. The lowest BCUT2D eigenvalue weighted by Crippen LogP contribution is -2.09. The van der Waals surface area contributed by atoms with Gasteiger partial charge in [-0.15, -0.1) is 0 Å². The van der Waals surface area contributed by atoms with Crippen molar-refractivity contribution in [2.24, 2.45) is 0 Å². The second kappa shape index (κ2) is 6.52. The van der Waals surface area contributed by atoms with E-state index in [4.69, 9.17) is 4.74 Å². The molecular formula is C14H20N2O3. The lowest BCUT2D eigenvalue weighted by Gasteiger charge is -2.14. The number of nitrogens with zero attached hydrogens (tertiary/aromatic N) is 1. The predicted octanol–water partition coefficient (Wildman–Crippen LogP) is 3.49. The van der Waals surface area contributed by atoms with E-state index in [1.165, 1.54) is 18.9 Å². The molecule has 0 unspecified atom stereocenters. The van der Waals surface area contributed by atoms with E-state index in [0.29, 0.717) is 12.7 Å². The zero-order chi connectivity index (χ0) is 13.7. The molecule has 5 heteroatoms. The van der Waals surface area contributed by atoms with Gasteiger partial charge < -0.3 is 10.1 Å². The minimum Gasteiger partial charge on any atom is -0.385 e. The molecule has 0 radical (unpaired) electrons. The number of nitro groups is 1. The molecule has 19 heavy (non-hydrogen) atoms. The van der Waals surface area contributed by atoms with Crippen LogP contribution in [0.15, 0.2) is 18.2 Å². The number of anilines is 1. The second-order valence-corrected chi connectivity index (χ2v) is 4.85. The summed E-state index contributed by atoms with van der Waals surface area (Å²) in [5, 5.41) is 14.0. The zero-order valence-electron chi connectivity index (χ0n) is 11.2. The quantitative estimate of drug-likeness (QED) is 0.631. The smallest absolute Gasteiger partial charge is 0.269 e. The van der Waals surface area contributed by atoms with Gasteiger partial charge in [0.05, 0.1) is 17.6 Å². The van der Waals surface area contributed by atoms with Crippen molar-refractivity contribution in [2.75, 3.05) is 11.9 Å². The Labute approximate surface area is 113 Å². The standard InChI is InChI=1S/C14H20N2O3/c1-2-15-14-8-7-12(16(17)18)9-11(14)10-19-13-5-3-4-6-13/h7-9,13,15H,2-6,10H2,1H3.